The number of amides is 1. The van der Waals surface area contributed by atoms with Gasteiger partial charge in [0.05, 0.1) is 17.9 Å². The number of rotatable bonds is 9. The van der Waals surface area contributed by atoms with Gasteiger partial charge in [-0.2, -0.15) is 9.97 Å². The molecule has 0 spiro atoms. The first kappa shape index (κ1) is 29.6. The highest BCUT2D eigenvalue weighted by Gasteiger charge is 2.35. The molecule has 1 N–H and O–H groups in total. The summed E-state index contributed by atoms with van der Waals surface area (Å²) >= 11 is 0. The molecule has 1 saturated heterocycles. The van der Waals surface area contributed by atoms with Crippen molar-refractivity contribution >= 4 is 28.2 Å². The number of likely N-dealkylation sites (N-methyl/N-ethyl adjacent to an activating group) is 1. The smallest absolute Gasteiger partial charge is 0.318 e. The first-order valence-electron chi connectivity index (χ1n) is 15.2. The second-order valence-corrected chi connectivity index (χ2v) is 12.0. The number of hydrogen-bond acceptors (Lipinski definition) is 8. The number of ether oxygens (including phenoxy) is 1. The summed E-state index contributed by atoms with van der Waals surface area (Å²) < 4.78 is 21.4. The van der Waals surface area contributed by atoms with Gasteiger partial charge in [-0.15, -0.1) is 0 Å². The van der Waals surface area contributed by atoms with E-state index >= 15 is 4.39 Å². The molecule has 1 aromatic heterocycles. The number of benzene rings is 2. The number of piperazine rings is 1. The number of carbonyl (C=O) groups excluding carboxylic acids is 1. The largest absolute Gasteiger partial charge is 0.508 e. The van der Waals surface area contributed by atoms with E-state index in [9.17, 15) is 9.90 Å². The van der Waals surface area contributed by atoms with Crippen LogP contribution in [0, 0.1) is 12.4 Å². The van der Waals surface area contributed by atoms with E-state index in [1.54, 1.807) is 29.2 Å². The fraction of sp³-hybridized carbons (Fsp3) is 0.455. The molecule has 0 bridgehead atoms. The summed E-state index contributed by atoms with van der Waals surface area (Å²) in [6.45, 7) is 16.5. The predicted octanol–water partition coefficient (Wildman–Crippen LogP) is 4.02. The lowest BCUT2D eigenvalue weighted by molar-refractivity contribution is -0.128. The number of hydrogen-bond donors (Lipinski definition) is 1. The van der Waals surface area contributed by atoms with Crippen molar-refractivity contribution in [3.05, 3.63) is 71.5 Å². The maximum Gasteiger partial charge on any atom is 0.318 e. The number of nitrogens with zero attached hydrogens (tertiary/aromatic N) is 7. The van der Waals surface area contributed by atoms with Crippen LogP contribution in [-0.2, 0) is 17.8 Å². The van der Waals surface area contributed by atoms with E-state index in [4.69, 9.17) is 21.3 Å². The summed E-state index contributed by atoms with van der Waals surface area (Å²) in [6, 6.07) is 8.62. The second-order valence-electron chi connectivity index (χ2n) is 12.0. The Bertz CT molecular complexity index is 1620. The summed E-state index contributed by atoms with van der Waals surface area (Å²) in [7, 11) is 2.11. The van der Waals surface area contributed by atoms with E-state index < -0.39 is 0 Å². The number of anilines is 2. The van der Waals surface area contributed by atoms with Crippen LogP contribution in [0.3, 0.4) is 0 Å². The molecule has 6 rings (SSSR count). The lowest BCUT2D eigenvalue weighted by Crippen LogP contribution is -2.56. The molecule has 3 aliphatic rings. The van der Waals surface area contributed by atoms with Crippen molar-refractivity contribution in [3.8, 4) is 11.8 Å². The van der Waals surface area contributed by atoms with Crippen molar-refractivity contribution in [3.63, 3.8) is 0 Å². The first-order chi connectivity index (χ1) is 21.2. The Morgan fingerprint density at radius 1 is 1.27 bits per heavy atom. The van der Waals surface area contributed by atoms with Gasteiger partial charge in [-0.3, -0.25) is 9.69 Å². The fourth-order valence-electron chi connectivity index (χ4n) is 6.51. The van der Waals surface area contributed by atoms with Crippen molar-refractivity contribution in [1.29, 1.82) is 0 Å². The molecule has 44 heavy (non-hydrogen) atoms. The quantitative estimate of drug-likeness (QED) is 0.292. The number of aromatic hydroxyl groups is 1. The zero-order valence-electron chi connectivity index (χ0n) is 25.2. The van der Waals surface area contributed by atoms with Crippen LogP contribution < -0.4 is 14.5 Å². The van der Waals surface area contributed by atoms with Crippen molar-refractivity contribution in [1.82, 2.24) is 19.8 Å². The molecule has 3 heterocycles. The van der Waals surface area contributed by atoms with E-state index in [2.05, 4.69) is 28.3 Å². The highest BCUT2D eigenvalue weighted by atomic mass is 19.1. The van der Waals surface area contributed by atoms with Crippen LogP contribution in [0.1, 0.15) is 31.0 Å². The molecule has 3 aromatic rings. The molecule has 2 aliphatic heterocycles. The van der Waals surface area contributed by atoms with E-state index in [-0.39, 0.29) is 42.2 Å². The molecule has 1 aliphatic carbocycles. The van der Waals surface area contributed by atoms with Crippen LogP contribution in [0.25, 0.3) is 15.6 Å². The molecule has 2 aromatic carbocycles. The van der Waals surface area contributed by atoms with Gasteiger partial charge < -0.3 is 29.4 Å². The number of carbonyl (C=O) groups is 1. The minimum absolute atomic E-state index is 0.0719. The molecule has 0 unspecified atom stereocenters. The van der Waals surface area contributed by atoms with Gasteiger partial charge in [0.15, 0.2) is 0 Å². The maximum atomic E-state index is 15.1. The Balaban J connectivity index is 1.35. The topological polar surface area (TPSA) is 89.6 Å². The molecule has 230 valence electrons. The fourth-order valence-corrected chi connectivity index (χ4v) is 6.51. The molecule has 1 saturated carbocycles. The normalized spacial score (nSPS) is 19.1. The Kier molecular flexibility index (Phi) is 8.27. The van der Waals surface area contributed by atoms with Gasteiger partial charge in [0.1, 0.15) is 29.5 Å². The number of phenols is 1. The molecule has 10 nitrogen and oxygen atoms in total. The van der Waals surface area contributed by atoms with Gasteiger partial charge in [0, 0.05) is 55.8 Å². The average molecular weight is 600 g/mol. The third-order valence-corrected chi connectivity index (χ3v) is 8.82. The zero-order valence-corrected chi connectivity index (χ0v) is 25.2. The number of aromatic nitrogens is 2. The summed E-state index contributed by atoms with van der Waals surface area (Å²) in [5.74, 6) is 0.298. The van der Waals surface area contributed by atoms with Crippen molar-refractivity contribution in [2.45, 2.75) is 50.9 Å². The highest BCUT2D eigenvalue weighted by Crippen LogP contribution is 2.38. The van der Waals surface area contributed by atoms with Crippen molar-refractivity contribution in [2.75, 3.05) is 56.1 Å². The summed E-state index contributed by atoms with van der Waals surface area (Å²) in [5.41, 5.74) is 2.36. The molecule has 2 atom stereocenters. The zero-order chi connectivity index (χ0) is 31.0. The maximum absolute atomic E-state index is 15.1. The number of halogens is 1. The predicted molar refractivity (Wildman–Crippen MR) is 167 cm³/mol. The summed E-state index contributed by atoms with van der Waals surface area (Å²) in [6.07, 6.45) is 4.15. The Morgan fingerprint density at radius 2 is 2.09 bits per heavy atom. The van der Waals surface area contributed by atoms with Crippen LogP contribution in [0.2, 0.25) is 0 Å². The van der Waals surface area contributed by atoms with Crippen molar-refractivity contribution < 1.29 is 19.0 Å². The minimum atomic E-state index is -0.345. The summed E-state index contributed by atoms with van der Waals surface area (Å²) in [4.78, 5) is 34.2. The monoisotopic (exact) mass is 599 g/mol. The molecule has 1 amide bonds. The minimum Gasteiger partial charge on any atom is -0.508 e. The van der Waals surface area contributed by atoms with Gasteiger partial charge >= 0.3 is 6.01 Å². The SMILES string of the molecule is [C-]#[N+]C[C@H]1CN(c2nc(O[C@@H](C)CN(C)C3CC3)nc3c2CCN(c2cc(O)cc4cccc(F)c24)C3)CCN1C(=O)C=C. The van der Waals surface area contributed by atoms with Gasteiger partial charge in [-0.25, -0.2) is 11.0 Å². The highest BCUT2D eigenvalue weighted by molar-refractivity contribution is 5.96. The van der Waals surface area contributed by atoms with Crippen LogP contribution in [-0.4, -0.2) is 95.3 Å². The van der Waals surface area contributed by atoms with Crippen LogP contribution in [0.5, 0.6) is 11.8 Å². The van der Waals surface area contributed by atoms with Crippen LogP contribution in [0.15, 0.2) is 43.0 Å². The second kappa shape index (κ2) is 12.3. The Labute approximate surface area is 257 Å². The molecule has 11 heteroatoms. The lowest BCUT2D eigenvalue weighted by Gasteiger charge is -2.41. The van der Waals surface area contributed by atoms with E-state index in [0.29, 0.717) is 61.6 Å². The van der Waals surface area contributed by atoms with Crippen LogP contribution in [0.4, 0.5) is 15.9 Å². The Morgan fingerprint density at radius 3 is 2.84 bits per heavy atom. The molecule has 0 radical (unpaired) electrons. The summed E-state index contributed by atoms with van der Waals surface area (Å²) in [5, 5.41) is 11.6. The van der Waals surface area contributed by atoms with Gasteiger partial charge in [-0.1, -0.05) is 18.7 Å². The number of phenolic OH excluding ortho intramolecular Hbond substituents is 1. The third kappa shape index (κ3) is 5.99. The molecular weight excluding hydrogens is 561 g/mol. The number of fused-ring (bicyclic) bond motifs is 2. The lowest BCUT2D eigenvalue weighted by atomic mass is 10.0. The van der Waals surface area contributed by atoms with Gasteiger partial charge in [0.25, 0.3) is 0 Å². The third-order valence-electron chi connectivity index (χ3n) is 8.82. The standard InChI is InChI=1S/C33H38FN7O3/c1-5-30(43)41-14-13-40(19-24(41)17-35-3)32-26-11-12-39(29-16-25(42)15-22-7-6-8-27(34)31(22)29)20-28(26)36-33(37-32)44-21(2)18-38(4)23-9-10-23/h5-8,15-16,21,23-24,42H,1,9-14,17-20H2,2,4H3/t21-,24-/m0/s1. The van der Waals surface area contributed by atoms with E-state index in [1.165, 1.54) is 25.0 Å². The van der Waals surface area contributed by atoms with E-state index in [1.807, 2.05) is 11.8 Å². The van der Waals surface area contributed by atoms with Gasteiger partial charge in [-0.05, 0) is 56.8 Å². The average Bonchev–Trinajstić information content (AvgIpc) is 3.86. The Hall–Kier alpha value is -4.43. The first-order valence-corrected chi connectivity index (χ1v) is 15.2. The molecular formula is C33H38FN7O3. The van der Waals surface area contributed by atoms with Crippen molar-refractivity contribution in [2.24, 2.45) is 0 Å². The van der Waals surface area contributed by atoms with Gasteiger partial charge in [0.2, 0.25) is 12.5 Å². The molecule has 2 fully saturated rings. The van der Waals surface area contributed by atoms with E-state index in [0.717, 1.165) is 23.6 Å². The van der Waals surface area contributed by atoms with Crippen LogP contribution >= 0.6 is 0 Å².